The number of nitrogens with zero attached hydrogens (tertiary/aromatic N) is 1. The molecule has 5 heteroatoms. The van der Waals surface area contributed by atoms with Crippen molar-refractivity contribution >= 4 is 6.03 Å². The van der Waals surface area contributed by atoms with E-state index >= 15 is 0 Å². The Kier molecular flexibility index (Phi) is 8.22. The minimum Gasteiger partial charge on any atom is -0.394 e. The molecule has 140 valence electrons. The van der Waals surface area contributed by atoms with Gasteiger partial charge in [-0.2, -0.15) is 0 Å². The number of likely N-dealkylation sites (tertiary alicyclic amines) is 1. The van der Waals surface area contributed by atoms with Gasteiger partial charge >= 0.3 is 6.03 Å². The van der Waals surface area contributed by atoms with Gasteiger partial charge in [-0.15, -0.1) is 0 Å². The number of carbonyl (C=O) groups excluding carboxylic acids is 1. The molecule has 2 rings (SSSR count). The van der Waals surface area contributed by atoms with Gasteiger partial charge in [-0.1, -0.05) is 44.2 Å². The predicted molar refractivity (Wildman–Crippen MR) is 101 cm³/mol. The van der Waals surface area contributed by atoms with E-state index in [1.807, 2.05) is 30.3 Å². The van der Waals surface area contributed by atoms with Crippen molar-refractivity contribution in [2.45, 2.75) is 39.2 Å². The number of hydrogen-bond donors (Lipinski definition) is 3. The van der Waals surface area contributed by atoms with Crippen LogP contribution in [0, 0.1) is 11.8 Å². The summed E-state index contributed by atoms with van der Waals surface area (Å²) in [6, 6.07) is 8.95. The molecule has 1 heterocycles. The Labute approximate surface area is 151 Å². The first-order valence-electron chi connectivity index (χ1n) is 9.51. The Morgan fingerprint density at radius 2 is 1.88 bits per heavy atom. The third-order valence-electron chi connectivity index (χ3n) is 4.82. The van der Waals surface area contributed by atoms with E-state index in [2.05, 4.69) is 29.4 Å². The SMILES string of the molecule is CC1CC(C)CN(CCCCNC(=O)NC(CO)c2ccccc2)C1. The molecule has 1 aromatic carbocycles. The van der Waals surface area contributed by atoms with Crippen molar-refractivity contribution in [1.82, 2.24) is 15.5 Å². The number of piperidine rings is 1. The first-order chi connectivity index (χ1) is 12.1. The maximum Gasteiger partial charge on any atom is 0.315 e. The summed E-state index contributed by atoms with van der Waals surface area (Å²) in [7, 11) is 0. The van der Waals surface area contributed by atoms with E-state index in [9.17, 15) is 9.90 Å². The van der Waals surface area contributed by atoms with E-state index < -0.39 is 0 Å². The van der Waals surface area contributed by atoms with Gasteiger partial charge in [0.15, 0.2) is 0 Å². The van der Waals surface area contributed by atoms with Crippen molar-refractivity contribution in [3.63, 3.8) is 0 Å². The van der Waals surface area contributed by atoms with Gasteiger partial charge in [0.25, 0.3) is 0 Å². The zero-order chi connectivity index (χ0) is 18.1. The molecule has 1 saturated heterocycles. The van der Waals surface area contributed by atoms with Gasteiger partial charge in [-0.05, 0) is 43.2 Å². The van der Waals surface area contributed by atoms with E-state index in [1.165, 1.54) is 19.5 Å². The van der Waals surface area contributed by atoms with E-state index in [4.69, 9.17) is 0 Å². The van der Waals surface area contributed by atoms with Gasteiger partial charge in [0, 0.05) is 19.6 Å². The second kappa shape index (κ2) is 10.4. The highest BCUT2D eigenvalue weighted by Crippen LogP contribution is 2.20. The predicted octanol–water partition coefficient (Wildman–Crippen LogP) is 2.78. The van der Waals surface area contributed by atoms with Crippen LogP contribution >= 0.6 is 0 Å². The van der Waals surface area contributed by atoms with Crippen LogP contribution in [0.2, 0.25) is 0 Å². The molecular formula is C20H33N3O2. The van der Waals surface area contributed by atoms with Crippen molar-refractivity contribution in [3.8, 4) is 0 Å². The maximum atomic E-state index is 12.0. The zero-order valence-electron chi connectivity index (χ0n) is 15.6. The topological polar surface area (TPSA) is 64.6 Å². The molecule has 0 aromatic heterocycles. The maximum absolute atomic E-state index is 12.0. The minimum atomic E-state index is -0.363. The number of benzene rings is 1. The lowest BCUT2D eigenvalue weighted by Crippen LogP contribution is -2.40. The number of rotatable bonds is 8. The van der Waals surface area contributed by atoms with E-state index in [-0.39, 0.29) is 18.7 Å². The summed E-state index contributed by atoms with van der Waals surface area (Å²) in [4.78, 5) is 14.5. The van der Waals surface area contributed by atoms with Crippen LogP contribution in [0.5, 0.6) is 0 Å². The van der Waals surface area contributed by atoms with Gasteiger partial charge in [0.1, 0.15) is 0 Å². The van der Waals surface area contributed by atoms with Crippen LogP contribution in [0.3, 0.4) is 0 Å². The number of nitrogens with one attached hydrogen (secondary N) is 2. The Morgan fingerprint density at radius 1 is 1.20 bits per heavy atom. The molecule has 1 aliphatic heterocycles. The number of aliphatic hydroxyl groups is 1. The second-order valence-corrected chi connectivity index (χ2v) is 7.46. The monoisotopic (exact) mass is 347 g/mol. The lowest BCUT2D eigenvalue weighted by Gasteiger charge is -2.34. The molecule has 0 bridgehead atoms. The summed E-state index contributed by atoms with van der Waals surface area (Å²) in [5.41, 5.74) is 0.911. The number of unbranched alkanes of at least 4 members (excludes halogenated alkanes) is 1. The van der Waals surface area contributed by atoms with Gasteiger partial charge in [0.2, 0.25) is 0 Å². The molecular weight excluding hydrogens is 314 g/mol. The quantitative estimate of drug-likeness (QED) is 0.634. The third-order valence-corrected chi connectivity index (χ3v) is 4.82. The number of aliphatic hydroxyl groups excluding tert-OH is 1. The van der Waals surface area contributed by atoms with Crippen molar-refractivity contribution < 1.29 is 9.90 Å². The van der Waals surface area contributed by atoms with Gasteiger partial charge < -0.3 is 20.6 Å². The van der Waals surface area contributed by atoms with Crippen molar-refractivity contribution in [2.24, 2.45) is 11.8 Å². The number of amides is 2. The molecule has 3 unspecified atom stereocenters. The van der Waals surface area contributed by atoms with Crippen molar-refractivity contribution in [2.75, 3.05) is 32.8 Å². The molecule has 3 N–H and O–H groups in total. The molecule has 1 fully saturated rings. The molecule has 0 aliphatic carbocycles. The van der Waals surface area contributed by atoms with Crippen molar-refractivity contribution in [3.05, 3.63) is 35.9 Å². The summed E-state index contributed by atoms with van der Waals surface area (Å²) in [5, 5.41) is 15.2. The van der Waals surface area contributed by atoms with E-state index in [1.54, 1.807) is 0 Å². The van der Waals surface area contributed by atoms with Crippen LogP contribution in [0.1, 0.15) is 44.7 Å². The first kappa shape index (κ1) is 19.7. The lowest BCUT2D eigenvalue weighted by molar-refractivity contribution is 0.139. The van der Waals surface area contributed by atoms with E-state index in [0.717, 1.165) is 36.8 Å². The summed E-state index contributed by atoms with van der Waals surface area (Å²) in [5.74, 6) is 1.59. The molecule has 0 spiro atoms. The largest absolute Gasteiger partial charge is 0.394 e. The summed E-state index contributed by atoms with van der Waals surface area (Å²) >= 11 is 0. The first-order valence-corrected chi connectivity index (χ1v) is 9.51. The van der Waals surface area contributed by atoms with Crippen LogP contribution in [-0.4, -0.2) is 48.8 Å². The Morgan fingerprint density at radius 3 is 2.52 bits per heavy atom. The van der Waals surface area contributed by atoms with Gasteiger partial charge in [-0.25, -0.2) is 4.79 Å². The normalized spacial score (nSPS) is 22.4. The van der Waals surface area contributed by atoms with Crippen LogP contribution in [0.25, 0.3) is 0 Å². The average Bonchev–Trinajstić information content (AvgIpc) is 2.59. The number of hydrogen-bond acceptors (Lipinski definition) is 3. The molecule has 1 aromatic rings. The molecule has 1 aliphatic rings. The fourth-order valence-electron chi connectivity index (χ4n) is 3.77. The fourth-order valence-corrected chi connectivity index (χ4v) is 3.77. The van der Waals surface area contributed by atoms with Crippen molar-refractivity contribution in [1.29, 1.82) is 0 Å². The van der Waals surface area contributed by atoms with Crippen LogP contribution in [-0.2, 0) is 0 Å². The Balaban J connectivity index is 1.60. The van der Waals surface area contributed by atoms with Gasteiger partial charge in [-0.3, -0.25) is 0 Å². The molecule has 0 saturated carbocycles. The highest BCUT2D eigenvalue weighted by Gasteiger charge is 2.21. The molecule has 2 amide bonds. The minimum absolute atomic E-state index is 0.108. The Bertz CT molecular complexity index is 499. The van der Waals surface area contributed by atoms with Gasteiger partial charge in [0.05, 0.1) is 12.6 Å². The second-order valence-electron chi connectivity index (χ2n) is 7.46. The molecule has 5 nitrogen and oxygen atoms in total. The summed E-state index contributed by atoms with van der Waals surface area (Å²) < 4.78 is 0. The molecule has 3 atom stereocenters. The zero-order valence-corrected chi connectivity index (χ0v) is 15.6. The third kappa shape index (κ3) is 7.04. The molecule has 0 radical (unpaired) electrons. The highest BCUT2D eigenvalue weighted by atomic mass is 16.3. The smallest absolute Gasteiger partial charge is 0.315 e. The molecule has 25 heavy (non-hydrogen) atoms. The summed E-state index contributed by atoms with van der Waals surface area (Å²) in [6.07, 6.45) is 3.41. The number of carbonyl (C=O) groups is 1. The standard InChI is InChI=1S/C20H33N3O2/c1-16-12-17(2)14-23(13-16)11-7-6-10-21-20(25)22-19(15-24)18-8-4-3-5-9-18/h3-5,8-9,16-17,19,24H,6-7,10-15H2,1-2H3,(H2,21,22,25). The highest BCUT2D eigenvalue weighted by molar-refractivity contribution is 5.74. The van der Waals surface area contributed by atoms with Crippen LogP contribution in [0.4, 0.5) is 4.79 Å². The fraction of sp³-hybridized carbons (Fsp3) is 0.650. The average molecular weight is 348 g/mol. The van der Waals surface area contributed by atoms with Crippen LogP contribution < -0.4 is 10.6 Å². The Hall–Kier alpha value is -1.59. The van der Waals surface area contributed by atoms with Crippen LogP contribution in [0.15, 0.2) is 30.3 Å². The summed E-state index contributed by atoms with van der Waals surface area (Å²) in [6.45, 7) is 8.74. The number of urea groups is 1. The van der Waals surface area contributed by atoms with E-state index in [0.29, 0.717) is 6.54 Å². The lowest BCUT2D eigenvalue weighted by atomic mass is 9.92.